The van der Waals surface area contributed by atoms with Gasteiger partial charge >= 0.3 is 0 Å². The van der Waals surface area contributed by atoms with Gasteiger partial charge in [-0.15, -0.1) is 0 Å². The summed E-state index contributed by atoms with van der Waals surface area (Å²) in [7, 11) is 0. The van der Waals surface area contributed by atoms with Crippen LogP contribution in [0.3, 0.4) is 0 Å². The number of halogens is 3. The van der Waals surface area contributed by atoms with E-state index in [1.807, 2.05) is 0 Å². The Kier molecular flexibility index (Phi) is 2.21. The fraction of sp³-hybridized carbons (Fsp3) is 0.286. The molecule has 1 aromatic rings. The molecule has 0 bridgehead atoms. The Morgan fingerprint density at radius 2 is 2.08 bits per heavy atom. The van der Waals surface area contributed by atoms with Crippen molar-refractivity contribution >= 4 is 5.69 Å². The average molecular weight is 176 g/mol. The van der Waals surface area contributed by atoms with E-state index in [-0.39, 0.29) is 16.8 Å². The normalized spacial score (nSPS) is 10.8. The SMILES string of the molecule is Cc1c(C(F)F)cnc(F)c1N. The van der Waals surface area contributed by atoms with Crippen molar-refractivity contribution in [3.8, 4) is 0 Å². The van der Waals surface area contributed by atoms with Crippen molar-refractivity contribution in [2.75, 3.05) is 5.73 Å². The first-order valence-electron chi connectivity index (χ1n) is 3.22. The van der Waals surface area contributed by atoms with Gasteiger partial charge in [-0.05, 0) is 12.5 Å². The molecular weight excluding hydrogens is 169 g/mol. The first-order chi connectivity index (χ1) is 5.54. The van der Waals surface area contributed by atoms with E-state index in [9.17, 15) is 13.2 Å². The standard InChI is InChI=1S/C7H7F3N2/c1-3-4(6(8)9)2-12-7(10)5(3)11/h2,6H,11H2,1H3. The first-order valence-corrected chi connectivity index (χ1v) is 3.22. The third-order valence-corrected chi connectivity index (χ3v) is 1.61. The average Bonchev–Trinajstić information content (AvgIpc) is 2.00. The van der Waals surface area contributed by atoms with E-state index in [4.69, 9.17) is 5.73 Å². The second kappa shape index (κ2) is 3.00. The van der Waals surface area contributed by atoms with Crippen LogP contribution in [0.25, 0.3) is 0 Å². The number of anilines is 1. The lowest BCUT2D eigenvalue weighted by molar-refractivity contribution is 0.150. The van der Waals surface area contributed by atoms with Crippen LogP contribution in [0.15, 0.2) is 6.20 Å². The largest absolute Gasteiger partial charge is 0.395 e. The summed E-state index contributed by atoms with van der Waals surface area (Å²) in [6.45, 7) is 1.33. The van der Waals surface area contributed by atoms with Gasteiger partial charge in [0.15, 0.2) is 0 Å². The number of hydrogen-bond donors (Lipinski definition) is 1. The van der Waals surface area contributed by atoms with Gasteiger partial charge in [0.2, 0.25) is 5.95 Å². The summed E-state index contributed by atoms with van der Waals surface area (Å²) in [6, 6.07) is 0. The summed E-state index contributed by atoms with van der Waals surface area (Å²) in [6.07, 6.45) is -1.87. The van der Waals surface area contributed by atoms with Gasteiger partial charge in [0.05, 0.1) is 5.69 Å². The van der Waals surface area contributed by atoms with Crippen molar-refractivity contribution in [1.29, 1.82) is 0 Å². The molecule has 0 amide bonds. The fourth-order valence-corrected chi connectivity index (χ4v) is 0.823. The number of alkyl halides is 2. The molecule has 66 valence electrons. The van der Waals surface area contributed by atoms with E-state index in [0.29, 0.717) is 0 Å². The number of rotatable bonds is 1. The van der Waals surface area contributed by atoms with Gasteiger partial charge in [0.1, 0.15) is 0 Å². The maximum Gasteiger partial charge on any atom is 0.265 e. The van der Waals surface area contributed by atoms with E-state index in [0.717, 1.165) is 6.20 Å². The highest BCUT2D eigenvalue weighted by Gasteiger charge is 2.15. The molecule has 0 saturated heterocycles. The molecule has 5 heteroatoms. The number of aromatic nitrogens is 1. The molecule has 1 rings (SSSR count). The summed E-state index contributed by atoms with van der Waals surface area (Å²) in [5.74, 6) is -0.906. The summed E-state index contributed by atoms with van der Waals surface area (Å²) < 4.78 is 36.8. The molecule has 0 radical (unpaired) electrons. The molecular formula is C7H7F3N2. The minimum Gasteiger partial charge on any atom is -0.395 e. The zero-order valence-corrected chi connectivity index (χ0v) is 6.31. The van der Waals surface area contributed by atoms with Crippen LogP contribution < -0.4 is 5.73 Å². The molecule has 12 heavy (non-hydrogen) atoms. The second-order valence-corrected chi connectivity index (χ2v) is 2.34. The van der Waals surface area contributed by atoms with Crippen molar-refractivity contribution in [2.45, 2.75) is 13.3 Å². The van der Waals surface area contributed by atoms with Crippen LogP contribution in [0.1, 0.15) is 17.6 Å². The highest BCUT2D eigenvalue weighted by atomic mass is 19.3. The summed E-state index contributed by atoms with van der Waals surface area (Å²) in [5.41, 5.74) is 4.57. The van der Waals surface area contributed by atoms with Crippen LogP contribution in [0.4, 0.5) is 18.9 Å². The molecule has 2 N–H and O–H groups in total. The minimum atomic E-state index is -2.67. The maximum absolute atomic E-state index is 12.5. The molecule has 1 heterocycles. The monoisotopic (exact) mass is 176 g/mol. The van der Waals surface area contributed by atoms with Crippen LogP contribution in [0.2, 0.25) is 0 Å². The van der Waals surface area contributed by atoms with Crippen LogP contribution in [-0.2, 0) is 0 Å². The van der Waals surface area contributed by atoms with E-state index in [2.05, 4.69) is 4.98 Å². The summed E-state index contributed by atoms with van der Waals surface area (Å²) in [5, 5.41) is 0. The minimum absolute atomic E-state index is 0.0532. The lowest BCUT2D eigenvalue weighted by Crippen LogP contribution is -2.01. The maximum atomic E-state index is 12.5. The molecule has 0 saturated carbocycles. The highest BCUT2D eigenvalue weighted by Crippen LogP contribution is 2.26. The second-order valence-electron chi connectivity index (χ2n) is 2.34. The van der Waals surface area contributed by atoms with Crippen LogP contribution >= 0.6 is 0 Å². The van der Waals surface area contributed by atoms with Crippen LogP contribution in [0, 0.1) is 12.9 Å². The van der Waals surface area contributed by atoms with Crippen molar-refractivity contribution in [1.82, 2.24) is 4.98 Å². The van der Waals surface area contributed by atoms with Gasteiger partial charge in [0.25, 0.3) is 6.43 Å². The Morgan fingerprint density at radius 3 is 2.58 bits per heavy atom. The van der Waals surface area contributed by atoms with Crippen molar-refractivity contribution in [3.05, 3.63) is 23.3 Å². The van der Waals surface area contributed by atoms with Crippen LogP contribution in [-0.4, -0.2) is 4.98 Å². The number of nitrogen functional groups attached to an aromatic ring is 1. The van der Waals surface area contributed by atoms with Gasteiger partial charge in [-0.25, -0.2) is 13.8 Å². The van der Waals surface area contributed by atoms with Gasteiger partial charge in [-0.2, -0.15) is 4.39 Å². The Labute approximate surface area is 67.2 Å². The van der Waals surface area contributed by atoms with E-state index < -0.39 is 12.4 Å². The van der Waals surface area contributed by atoms with Crippen molar-refractivity contribution in [2.24, 2.45) is 0 Å². The summed E-state index contributed by atoms with van der Waals surface area (Å²) >= 11 is 0. The van der Waals surface area contributed by atoms with E-state index in [1.54, 1.807) is 0 Å². The van der Waals surface area contributed by atoms with Crippen LogP contribution in [0.5, 0.6) is 0 Å². The lowest BCUT2D eigenvalue weighted by atomic mass is 10.1. The molecule has 0 aliphatic rings. The fourth-order valence-electron chi connectivity index (χ4n) is 0.823. The molecule has 0 aromatic carbocycles. The van der Waals surface area contributed by atoms with Gasteiger partial charge in [-0.1, -0.05) is 0 Å². The molecule has 1 aromatic heterocycles. The molecule has 0 aliphatic heterocycles. The van der Waals surface area contributed by atoms with Crippen molar-refractivity contribution < 1.29 is 13.2 Å². The first kappa shape index (κ1) is 8.83. The predicted octanol–water partition coefficient (Wildman–Crippen LogP) is 2.05. The number of pyridine rings is 1. The third kappa shape index (κ3) is 1.34. The Balaban J connectivity index is 3.27. The molecule has 0 atom stereocenters. The molecule has 0 spiro atoms. The topological polar surface area (TPSA) is 38.9 Å². The molecule has 2 nitrogen and oxygen atoms in total. The Hall–Kier alpha value is -1.26. The number of nitrogens with zero attached hydrogens (tertiary/aromatic N) is 1. The highest BCUT2D eigenvalue weighted by molar-refractivity contribution is 5.48. The molecule has 0 unspecified atom stereocenters. The Morgan fingerprint density at radius 1 is 1.50 bits per heavy atom. The number of nitrogens with two attached hydrogens (primary N) is 1. The predicted molar refractivity (Wildman–Crippen MR) is 38.3 cm³/mol. The smallest absolute Gasteiger partial charge is 0.265 e. The van der Waals surface area contributed by atoms with E-state index >= 15 is 0 Å². The van der Waals surface area contributed by atoms with Gasteiger partial charge in [0, 0.05) is 11.8 Å². The quantitative estimate of drug-likeness (QED) is 0.665. The zero-order chi connectivity index (χ0) is 9.30. The molecule has 0 fully saturated rings. The van der Waals surface area contributed by atoms with Gasteiger partial charge in [-0.3, -0.25) is 0 Å². The third-order valence-electron chi connectivity index (χ3n) is 1.61. The molecule has 0 aliphatic carbocycles. The van der Waals surface area contributed by atoms with Crippen molar-refractivity contribution in [3.63, 3.8) is 0 Å². The lowest BCUT2D eigenvalue weighted by Gasteiger charge is -2.06. The van der Waals surface area contributed by atoms with E-state index in [1.165, 1.54) is 6.92 Å². The number of hydrogen-bond acceptors (Lipinski definition) is 2. The van der Waals surface area contributed by atoms with Gasteiger partial charge < -0.3 is 5.73 Å². The Bertz CT molecular complexity index is 299. The summed E-state index contributed by atoms with van der Waals surface area (Å²) in [4.78, 5) is 3.09. The zero-order valence-electron chi connectivity index (χ0n) is 6.31.